The second-order valence-electron chi connectivity index (χ2n) is 6.45. The fraction of sp³-hybridized carbons (Fsp3) is 0.421. The molecule has 1 fully saturated rings. The summed E-state index contributed by atoms with van der Waals surface area (Å²) in [4.78, 5) is 11.2. The molecule has 0 spiro atoms. The van der Waals surface area contributed by atoms with Crippen molar-refractivity contribution in [3.63, 3.8) is 0 Å². The van der Waals surface area contributed by atoms with Gasteiger partial charge >= 0.3 is 5.97 Å². The fourth-order valence-electron chi connectivity index (χ4n) is 3.28. The third kappa shape index (κ3) is 3.72. The van der Waals surface area contributed by atoms with E-state index < -0.39 is 5.97 Å². The maximum atomic E-state index is 11.2. The van der Waals surface area contributed by atoms with Gasteiger partial charge in [-0.05, 0) is 31.4 Å². The molecule has 0 saturated heterocycles. The monoisotopic (exact) mass is 325 g/mol. The van der Waals surface area contributed by atoms with Crippen molar-refractivity contribution in [3.05, 3.63) is 52.9 Å². The molecular weight excluding hydrogens is 302 g/mol. The van der Waals surface area contributed by atoms with E-state index in [-0.39, 0.29) is 5.57 Å². The van der Waals surface area contributed by atoms with Gasteiger partial charge in [-0.15, -0.1) is 5.10 Å². The number of aliphatic carboxylic acids is 1. The van der Waals surface area contributed by atoms with Crippen LogP contribution in [0, 0.1) is 0 Å². The molecule has 126 valence electrons. The Kier molecular flexibility index (Phi) is 5.08. The summed E-state index contributed by atoms with van der Waals surface area (Å²) in [5, 5.41) is 17.8. The minimum atomic E-state index is -0.923. The van der Waals surface area contributed by atoms with Crippen LogP contribution in [0.1, 0.15) is 62.0 Å². The smallest absolute Gasteiger partial charge is 0.331 e. The molecule has 0 atom stereocenters. The number of rotatable bonds is 5. The predicted octanol–water partition coefficient (Wildman–Crippen LogP) is 3.86. The van der Waals surface area contributed by atoms with Crippen molar-refractivity contribution in [2.24, 2.45) is 0 Å². The van der Waals surface area contributed by atoms with E-state index in [1.54, 1.807) is 13.0 Å². The zero-order chi connectivity index (χ0) is 16.9. The Balaban J connectivity index is 1.98. The first-order chi connectivity index (χ1) is 11.6. The van der Waals surface area contributed by atoms with E-state index in [4.69, 9.17) is 5.11 Å². The molecule has 0 amide bonds. The first kappa shape index (κ1) is 16.4. The van der Waals surface area contributed by atoms with Crippen molar-refractivity contribution < 1.29 is 9.90 Å². The van der Waals surface area contributed by atoms with Crippen molar-refractivity contribution in [1.29, 1.82) is 0 Å². The molecule has 1 aromatic heterocycles. The molecule has 0 bridgehead atoms. The lowest BCUT2D eigenvalue weighted by molar-refractivity contribution is -0.132. The van der Waals surface area contributed by atoms with Crippen LogP contribution in [0.4, 0.5) is 0 Å². The number of aromatic nitrogens is 3. The van der Waals surface area contributed by atoms with Crippen LogP contribution in [0.15, 0.2) is 35.9 Å². The Morgan fingerprint density at radius 2 is 1.96 bits per heavy atom. The zero-order valence-corrected chi connectivity index (χ0v) is 14.0. The van der Waals surface area contributed by atoms with Gasteiger partial charge in [0.25, 0.3) is 0 Å². The van der Waals surface area contributed by atoms with Crippen molar-refractivity contribution >= 4 is 12.0 Å². The number of hydrogen-bond donors (Lipinski definition) is 1. The maximum Gasteiger partial charge on any atom is 0.331 e. The van der Waals surface area contributed by atoms with Gasteiger partial charge in [-0.3, -0.25) is 0 Å². The second-order valence-corrected chi connectivity index (χ2v) is 6.45. The van der Waals surface area contributed by atoms with E-state index in [9.17, 15) is 4.79 Å². The van der Waals surface area contributed by atoms with Crippen LogP contribution in [-0.2, 0) is 11.2 Å². The highest BCUT2D eigenvalue weighted by Gasteiger charge is 2.22. The van der Waals surface area contributed by atoms with Crippen LogP contribution in [-0.4, -0.2) is 26.1 Å². The summed E-state index contributed by atoms with van der Waals surface area (Å²) in [6.45, 7) is 1.59. The van der Waals surface area contributed by atoms with Gasteiger partial charge in [0.1, 0.15) is 5.69 Å². The molecule has 24 heavy (non-hydrogen) atoms. The predicted molar refractivity (Wildman–Crippen MR) is 92.7 cm³/mol. The Hall–Kier alpha value is -2.43. The molecule has 1 aromatic carbocycles. The number of nitrogens with zero attached hydrogens (tertiary/aromatic N) is 3. The first-order valence-electron chi connectivity index (χ1n) is 8.54. The van der Waals surface area contributed by atoms with Crippen LogP contribution in [0.25, 0.3) is 6.08 Å². The summed E-state index contributed by atoms with van der Waals surface area (Å²) >= 11 is 0. The molecule has 1 N–H and O–H groups in total. The van der Waals surface area contributed by atoms with Crippen LogP contribution in [0.5, 0.6) is 0 Å². The van der Waals surface area contributed by atoms with Gasteiger partial charge in [-0.2, -0.15) is 0 Å². The summed E-state index contributed by atoms with van der Waals surface area (Å²) < 4.78 is 2.03. The van der Waals surface area contributed by atoms with Gasteiger partial charge < -0.3 is 5.11 Å². The fourth-order valence-corrected chi connectivity index (χ4v) is 3.28. The first-order valence-corrected chi connectivity index (χ1v) is 8.54. The van der Waals surface area contributed by atoms with Crippen molar-refractivity contribution in [2.45, 2.75) is 51.5 Å². The average molecular weight is 325 g/mol. The Bertz CT molecular complexity index is 728. The summed E-state index contributed by atoms with van der Waals surface area (Å²) in [5.74, 6) is -0.923. The number of benzene rings is 1. The van der Waals surface area contributed by atoms with Crippen molar-refractivity contribution in [3.8, 4) is 0 Å². The van der Waals surface area contributed by atoms with E-state index in [1.165, 1.54) is 24.8 Å². The number of carboxylic acid groups (broad SMARTS) is 1. The van der Waals surface area contributed by atoms with Crippen LogP contribution in [0.2, 0.25) is 0 Å². The van der Waals surface area contributed by atoms with E-state index in [0.717, 1.165) is 18.5 Å². The van der Waals surface area contributed by atoms with Gasteiger partial charge in [0, 0.05) is 12.0 Å². The minimum Gasteiger partial charge on any atom is -0.478 e. The molecule has 1 aliphatic carbocycles. The standard InChI is InChI=1S/C19H23N3O2/c1-14(19(23)24)12-17-18(13-15-8-4-2-5-9-15)22(21-20-17)16-10-6-3-7-11-16/h2,4-5,8-9,12,16H,3,6-7,10-11,13H2,1H3,(H,23,24). The van der Waals surface area contributed by atoms with Crippen LogP contribution < -0.4 is 0 Å². The molecule has 5 heteroatoms. The third-order valence-electron chi connectivity index (χ3n) is 4.65. The Labute approximate surface area is 142 Å². The Morgan fingerprint density at radius 1 is 1.25 bits per heavy atom. The van der Waals surface area contributed by atoms with E-state index in [2.05, 4.69) is 22.4 Å². The van der Waals surface area contributed by atoms with Gasteiger partial charge in [0.15, 0.2) is 0 Å². The topological polar surface area (TPSA) is 68.0 Å². The van der Waals surface area contributed by atoms with Gasteiger partial charge in [-0.25, -0.2) is 9.48 Å². The highest BCUT2D eigenvalue weighted by atomic mass is 16.4. The molecular formula is C19H23N3O2. The van der Waals surface area contributed by atoms with Gasteiger partial charge in [0.2, 0.25) is 0 Å². The normalized spacial score (nSPS) is 16.3. The quantitative estimate of drug-likeness (QED) is 0.848. The number of carbonyl (C=O) groups is 1. The molecule has 1 aliphatic rings. The molecule has 1 heterocycles. The maximum absolute atomic E-state index is 11.2. The van der Waals surface area contributed by atoms with Gasteiger partial charge in [-0.1, -0.05) is 54.8 Å². The van der Waals surface area contributed by atoms with Gasteiger partial charge in [0.05, 0.1) is 11.7 Å². The lowest BCUT2D eigenvalue weighted by Crippen LogP contribution is -2.17. The SMILES string of the molecule is CC(=Cc1nnn(C2CCCCC2)c1Cc1ccccc1)C(=O)O. The molecule has 0 aliphatic heterocycles. The third-order valence-corrected chi connectivity index (χ3v) is 4.65. The highest BCUT2D eigenvalue weighted by Crippen LogP contribution is 2.30. The zero-order valence-electron chi connectivity index (χ0n) is 14.0. The van der Waals surface area contributed by atoms with Crippen LogP contribution in [0.3, 0.4) is 0 Å². The van der Waals surface area contributed by atoms with E-state index in [1.807, 2.05) is 22.9 Å². The summed E-state index contributed by atoms with van der Waals surface area (Å²) in [6.07, 6.45) is 8.29. The molecule has 1 saturated carbocycles. The van der Waals surface area contributed by atoms with Crippen molar-refractivity contribution in [2.75, 3.05) is 0 Å². The van der Waals surface area contributed by atoms with Crippen molar-refractivity contribution in [1.82, 2.24) is 15.0 Å². The summed E-state index contributed by atoms with van der Waals surface area (Å²) in [6, 6.07) is 10.6. The molecule has 2 aromatic rings. The lowest BCUT2D eigenvalue weighted by Gasteiger charge is -2.23. The van der Waals surface area contributed by atoms with E-state index >= 15 is 0 Å². The average Bonchev–Trinajstić information content (AvgIpc) is 2.99. The lowest BCUT2D eigenvalue weighted by atomic mass is 9.95. The summed E-state index contributed by atoms with van der Waals surface area (Å²) in [7, 11) is 0. The number of carboxylic acids is 1. The highest BCUT2D eigenvalue weighted by molar-refractivity contribution is 5.91. The second kappa shape index (κ2) is 7.43. The molecule has 5 nitrogen and oxygen atoms in total. The minimum absolute atomic E-state index is 0.278. The number of hydrogen-bond acceptors (Lipinski definition) is 3. The summed E-state index contributed by atoms with van der Waals surface area (Å²) in [5.41, 5.74) is 3.14. The molecule has 0 unspecified atom stereocenters. The van der Waals surface area contributed by atoms with Crippen LogP contribution >= 0.6 is 0 Å². The molecule has 3 rings (SSSR count). The Morgan fingerprint density at radius 3 is 2.62 bits per heavy atom. The largest absolute Gasteiger partial charge is 0.478 e. The van der Waals surface area contributed by atoms with E-state index in [0.29, 0.717) is 18.2 Å². The molecule has 0 radical (unpaired) electrons.